The number of hydrogen-bond acceptors (Lipinski definition) is 6. The lowest BCUT2D eigenvalue weighted by molar-refractivity contribution is -0.169. The third kappa shape index (κ3) is 2.23. The lowest BCUT2D eigenvalue weighted by Crippen LogP contribution is -2.51. The maximum Gasteiger partial charge on any atom is 0.311 e. The average molecular weight is 343 g/mol. The largest absolute Gasteiger partial charge is 0.466 e. The molecule has 1 aliphatic carbocycles. The topological polar surface area (TPSA) is 51.7 Å². The highest BCUT2D eigenvalue weighted by molar-refractivity contribution is 7.13. The molecule has 120 valence electrons. The molecule has 2 aliphatic heterocycles. The van der Waals surface area contributed by atoms with Crippen molar-refractivity contribution < 1.29 is 14.3 Å². The fourth-order valence-corrected chi connectivity index (χ4v) is 4.51. The van der Waals surface area contributed by atoms with E-state index in [4.69, 9.17) is 26.1 Å². The summed E-state index contributed by atoms with van der Waals surface area (Å²) in [5.74, 6) is -0.236. The molecule has 1 saturated carbocycles. The number of esters is 1. The minimum Gasteiger partial charge on any atom is -0.466 e. The third-order valence-corrected chi connectivity index (χ3v) is 6.38. The Kier molecular flexibility index (Phi) is 3.40. The monoisotopic (exact) mass is 342 g/mol. The van der Waals surface area contributed by atoms with Gasteiger partial charge in [-0.2, -0.15) is 0 Å². The van der Waals surface area contributed by atoms with Crippen molar-refractivity contribution in [2.24, 2.45) is 11.3 Å². The number of halogens is 1. The van der Waals surface area contributed by atoms with E-state index in [1.165, 1.54) is 0 Å². The second kappa shape index (κ2) is 5.08. The van der Waals surface area contributed by atoms with E-state index in [2.05, 4.69) is 10.3 Å². The molecular weight excluding hydrogens is 324 g/mol. The minimum atomic E-state index is -0.230. The van der Waals surface area contributed by atoms with Crippen LogP contribution in [0.15, 0.2) is 5.38 Å². The maximum atomic E-state index is 12.3. The van der Waals surface area contributed by atoms with Crippen LogP contribution < -0.4 is 4.90 Å². The summed E-state index contributed by atoms with van der Waals surface area (Å²) in [4.78, 5) is 18.9. The second-order valence-electron chi connectivity index (χ2n) is 6.52. The summed E-state index contributed by atoms with van der Waals surface area (Å²) < 4.78 is 10.7. The van der Waals surface area contributed by atoms with Crippen LogP contribution in [0.1, 0.15) is 25.5 Å². The van der Waals surface area contributed by atoms with Crippen molar-refractivity contribution in [3.05, 3.63) is 11.1 Å². The number of hydrogen-bond donors (Lipinski definition) is 0. The number of nitrogens with zero attached hydrogens (tertiary/aromatic N) is 2. The van der Waals surface area contributed by atoms with Crippen molar-refractivity contribution in [2.45, 2.75) is 24.6 Å². The van der Waals surface area contributed by atoms with Crippen LogP contribution in [0.5, 0.6) is 0 Å². The molecule has 7 heteroatoms. The van der Waals surface area contributed by atoms with Gasteiger partial charge < -0.3 is 14.4 Å². The van der Waals surface area contributed by atoms with Gasteiger partial charge in [-0.15, -0.1) is 22.9 Å². The molecule has 1 unspecified atom stereocenters. The SMILES string of the molecule is CCOC(=O)C1CN(c2nc(C3(Cl)CC3)cs2)CC12COC2. The number of carbonyl (C=O) groups excluding carboxylic acids is 1. The van der Waals surface area contributed by atoms with E-state index in [0.717, 1.165) is 30.2 Å². The molecule has 1 aromatic heterocycles. The first-order valence-corrected chi connectivity index (χ1v) is 8.96. The zero-order valence-electron chi connectivity index (χ0n) is 12.5. The lowest BCUT2D eigenvalue weighted by Gasteiger charge is -2.40. The molecule has 0 aromatic carbocycles. The number of rotatable bonds is 4. The smallest absolute Gasteiger partial charge is 0.311 e. The Morgan fingerprint density at radius 1 is 1.59 bits per heavy atom. The normalized spacial score (nSPS) is 27.7. The van der Waals surface area contributed by atoms with Crippen LogP contribution in [0.25, 0.3) is 0 Å². The van der Waals surface area contributed by atoms with E-state index < -0.39 is 0 Å². The van der Waals surface area contributed by atoms with E-state index in [1.807, 2.05) is 6.92 Å². The van der Waals surface area contributed by atoms with E-state index >= 15 is 0 Å². The van der Waals surface area contributed by atoms with Crippen molar-refractivity contribution in [3.63, 3.8) is 0 Å². The molecule has 0 bridgehead atoms. The average Bonchev–Trinajstić information content (AvgIpc) is 2.96. The number of carbonyl (C=O) groups is 1. The molecule has 1 atom stereocenters. The zero-order chi connectivity index (χ0) is 15.4. The van der Waals surface area contributed by atoms with Crippen LogP contribution in [0.2, 0.25) is 0 Å². The predicted octanol–water partition coefficient (Wildman–Crippen LogP) is 2.39. The highest BCUT2D eigenvalue weighted by Crippen LogP contribution is 2.53. The van der Waals surface area contributed by atoms with E-state index in [1.54, 1.807) is 11.3 Å². The van der Waals surface area contributed by atoms with Crippen molar-refractivity contribution in [3.8, 4) is 0 Å². The molecule has 5 nitrogen and oxygen atoms in total. The summed E-state index contributed by atoms with van der Waals surface area (Å²) in [5, 5.41) is 3.01. The van der Waals surface area contributed by atoms with Gasteiger partial charge in [-0.25, -0.2) is 4.98 Å². The van der Waals surface area contributed by atoms with Crippen LogP contribution >= 0.6 is 22.9 Å². The van der Waals surface area contributed by atoms with Crippen molar-refractivity contribution in [2.75, 3.05) is 37.8 Å². The maximum absolute atomic E-state index is 12.3. The van der Waals surface area contributed by atoms with Crippen LogP contribution in [-0.2, 0) is 19.1 Å². The number of aromatic nitrogens is 1. The Hall–Kier alpha value is -0.850. The van der Waals surface area contributed by atoms with Gasteiger partial charge in [0.25, 0.3) is 0 Å². The van der Waals surface area contributed by atoms with Crippen LogP contribution in [0.4, 0.5) is 5.13 Å². The number of alkyl halides is 1. The highest BCUT2D eigenvalue weighted by Gasteiger charge is 2.56. The minimum absolute atomic E-state index is 0.101. The standard InChI is InChI=1S/C15H19ClN2O3S/c1-2-21-12(19)10-5-18(7-14(10)8-20-9-14)13-17-11(6-22-13)15(16)3-4-15/h6,10H,2-5,7-9H2,1H3. The second-order valence-corrected chi connectivity index (χ2v) is 8.08. The Balaban J connectivity index is 1.54. The Morgan fingerprint density at radius 2 is 2.36 bits per heavy atom. The lowest BCUT2D eigenvalue weighted by atomic mass is 9.76. The van der Waals surface area contributed by atoms with Crippen molar-refractivity contribution in [1.29, 1.82) is 0 Å². The first-order valence-electron chi connectivity index (χ1n) is 7.71. The first kappa shape index (κ1) is 14.7. The van der Waals surface area contributed by atoms with Gasteiger partial charge in [0.15, 0.2) is 5.13 Å². The van der Waals surface area contributed by atoms with E-state index in [0.29, 0.717) is 26.4 Å². The van der Waals surface area contributed by atoms with Gasteiger partial charge in [-0.3, -0.25) is 4.79 Å². The molecule has 2 saturated heterocycles. The van der Waals surface area contributed by atoms with Gasteiger partial charge in [-0.05, 0) is 19.8 Å². The molecule has 0 radical (unpaired) electrons. The summed E-state index contributed by atoms with van der Waals surface area (Å²) in [6, 6.07) is 0. The molecule has 3 fully saturated rings. The molecule has 1 aromatic rings. The number of anilines is 1. The summed E-state index contributed by atoms with van der Waals surface area (Å²) in [6.07, 6.45) is 2.00. The van der Waals surface area contributed by atoms with Gasteiger partial charge in [0, 0.05) is 23.9 Å². The number of ether oxygens (including phenoxy) is 2. The fourth-order valence-electron chi connectivity index (χ4n) is 3.32. The molecular formula is C15H19ClN2O3S. The van der Waals surface area contributed by atoms with Crippen molar-refractivity contribution >= 4 is 34.0 Å². The Bertz CT molecular complexity index is 597. The summed E-state index contributed by atoms with van der Waals surface area (Å²) in [7, 11) is 0. The Labute approximate surface area is 138 Å². The van der Waals surface area contributed by atoms with Gasteiger partial charge in [-0.1, -0.05) is 0 Å². The Morgan fingerprint density at radius 3 is 2.95 bits per heavy atom. The molecule has 22 heavy (non-hydrogen) atoms. The van der Waals surface area contributed by atoms with Crippen LogP contribution in [-0.4, -0.2) is 43.9 Å². The van der Waals surface area contributed by atoms with Gasteiger partial charge in [0.1, 0.15) is 0 Å². The predicted molar refractivity (Wildman–Crippen MR) is 84.5 cm³/mol. The van der Waals surface area contributed by atoms with Crippen LogP contribution in [0, 0.1) is 11.3 Å². The van der Waals surface area contributed by atoms with Gasteiger partial charge >= 0.3 is 5.97 Å². The summed E-state index contributed by atoms with van der Waals surface area (Å²) in [6.45, 7) is 4.98. The van der Waals surface area contributed by atoms with E-state index in [9.17, 15) is 4.79 Å². The summed E-state index contributed by atoms with van der Waals surface area (Å²) >= 11 is 8.05. The highest BCUT2D eigenvalue weighted by atomic mass is 35.5. The van der Waals surface area contributed by atoms with Crippen molar-refractivity contribution in [1.82, 2.24) is 4.98 Å². The molecule has 3 aliphatic rings. The zero-order valence-corrected chi connectivity index (χ0v) is 14.1. The number of thiazole rings is 1. The molecule has 0 N–H and O–H groups in total. The quantitative estimate of drug-likeness (QED) is 0.621. The molecule has 1 spiro atoms. The molecule has 0 amide bonds. The third-order valence-electron chi connectivity index (χ3n) is 4.91. The van der Waals surface area contributed by atoms with Gasteiger partial charge in [0.05, 0.1) is 36.3 Å². The van der Waals surface area contributed by atoms with Gasteiger partial charge in [0.2, 0.25) is 0 Å². The fraction of sp³-hybridized carbons (Fsp3) is 0.733. The molecule has 3 heterocycles. The first-order chi connectivity index (χ1) is 10.6. The van der Waals surface area contributed by atoms with Crippen LogP contribution in [0.3, 0.4) is 0 Å². The van der Waals surface area contributed by atoms with E-state index in [-0.39, 0.29) is 22.2 Å². The molecule has 4 rings (SSSR count). The summed E-state index contributed by atoms with van der Waals surface area (Å²) in [5.41, 5.74) is 0.878.